The van der Waals surface area contributed by atoms with Gasteiger partial charge in [0.15, 0.2) is 0 Å². The number of rotatable bonds is 10. The van der Waals surface area contributed by atoms with Gasteiger partial charge in [-0.2, -0.15) is 0 Å². The zero-order valence-electron chi connectivity index (χ0n) is 21.4. The molecule has 0 aliphatic heterocycles. The van der Waals surface area contributed by atoms with E-state index in [1.54, 1.807) is 0 Å². The van der Waals surface area contributed by atoms with Gasteiger partial charge in [-0.1, -0.05) is 72.8 Å². The van der Waals surface area contributed by atoms with Crippen LogP contribution in [0.1, 0.15) is 18.4 Å². The van der Waals surface area contributed by atoms with E-state index >= 15 is 0 Å². The van der Waals surface area contributed by atoms with Gasteiger partial charge < -0.3 is 24.8 Å². The number of benzene rings is 4. The predicted octanol–water partition coefficient (Wildman–Crippen LogP) is 6.12. The summed E-state index contributed by atoms with van der Waals surface area (Å²) in [5.74, 6) is 0.430. The number of hydrogen-bond donors (Lipinski definition) is 3. The molecular weight excluding hydrogens is 494 g/mol. The molecule has 39 heavy (non-hydrogen) atoms. The maximum atomic E-state index is 10.9. The minimum atomic E-state index is -1.18. The molecule has 2 atom stereocenters. The lowest BCUT2D eigenvalue weighted by Crippen LogP contribution is -2.25. The van der Waals surface area contributed by atoms with E-state index in [2.05, 4.69) is 4.98 Å². The molecule has 3 N–H and O–H groups in total. The lowest BCUT2D eigenvalue weighted by Gasteiger charge is -2.22. The van der Waals surface area contributed by atoms with Crippen LogP contribution in [0.15, 0.2) is 91.0 Å². The van der Waals surface area contributed by atoms with Crippen molar-refractivity contribution >= 4 is 27.6 Å². The Morgan fingerprint density at radius 2 is 1.51 bits per heavy atom. The number of fused-ring (bicyclic) bond motifs is 2. The van der Waals surface area contributed by atoms with Crippen molar-refractivity contribution in [2.24, 2.45) is 0 Å². The molecule has 4 aromatic carbocycles. The lowest BCUT2D eigenvalue weighted by molar-refractivity contribution is -0.139. The zero-order chi connectivity index (χ0) is 27.4. The van der Waals surface area contributed by atoms with Gasteiger partial charge in [0.25, 0.3) is 0 Å². The molecule has 0 unspecified atom stereocenters. The first-order chi connectivity index (χ1) is 18.9. The number of aliphatic hydroxyl groups excluding tert-OH is 2. The normalized spacial score (nSPS) is 12.8. The average Bonchev–Trinajstić information content (AvgIpc) is 2.93. The van der Waals surface area contributed by atoms with E-state index in [1.807, 2.05) is 97.9 Å². The fourth-order valence-electron chi connectivity index (χ4n) is 4.77. The number of carboxylic acid groups (broad SMARTS) is 1. The van der Waals surface area contributed by atoms with Crippen LogP contribution in [0.4, 0.5) is 0 Å². The Balaban J connectivity index is 1.58. The van der Waals surface area contributed by atoms with E-state index in [9.17, 15) is 15.0 Å². The number of para-hydroxylation sites is 1. The molecule has 0 spiro atoms. The van der Waals surface area contributed by atoms with Crippen molar-refractivity contribution in [1.82, 2.24) is 4.98 Å². The van der Waals surface area contributed by atoms with Crippen LogP contribution >= 0.6 is 0 Å². The number of aromatic nitrogens is 1. The van der Waals surface area contributed by atoms with Gasteiger partial charge in [0.1, 0.15) is 18.1 Å². The summed E-state index contributed by atoms with van der Waals surface area (Å²) >= 11 is 0. The zero-order valence-corrected chi connectivity index (χ0v) is 21.4. The Bertz CT molecular complexity index is 1620. The highest BCUT2D eigenvalue weighted by molar-refractivity contribution is 6.04. The Morgan fingerprint density at radius 3 is 2.28 bits per heavy atom. The summed E-state index contributed by atoms with van der Waals surface area (Å²) in [6, 6.07) is 29.3. The van der Waals surface area contributed by atoms with Crippen LogP contribution in [0, 0.1) is 6.92 Å². The fourth-order valence-corrected chi connectivity index (χ4v) is 4.77. The van der Waals surface area contributed by atoms with E-state index in [-0.39, 0.29) is 13.0 Å². The molecule has 0 bridgehead atoms. The Hall–Kier alpha value is -4.46. The van der Waals surface area contributed by atoms with Crippen molar-refractivity contribution in [3.05, 3.63) is 96.6 Å². The second-order valence-corrected chi connectivity index (χ2v) is 9.47. The van der Waals surface area contributed by atoms with E-state index in [1.165, 1.54) is 0 Å². The van der Waals surface area contributed by atoms with Gasteiger partial charge in [0.2, 0.25) is 5.88 Å². The molecule has 1 heterocycles. The second kappa shape index (κ2) is 11.5. The molecule has 198 valence electrons. The van der Waals surface area contributed by atoms with Gasteiger partial charge >= 0.3 is 5.97 Å². The van der Waals surface area contributed by atoms with E-state index in [0.29, 0.717) is 17.4 Å². The molecule has 7 nitrogen and oxygen atoms in total. The molecule has 5 aromatic rings. The van der Waals surface area contributed by atoms with Crippen molar-refractivity contribution < 1.29 is 29.6 Å². The minimum absolute atomic E-state index is 0.121. The van der Waals surface area contributed by atoms with Crippen molar-refractivity contribution in [1.29, 1.82) is 0 Å². The molecule has 0 saturated carbocycles. The maximum Gasteiger partial charge on any atom is 0.305 e. The molecule has 1 aromatic heterocycles. The molecule has 0 amide bonds. The Morgan fingerprint density at radius 1 is 0.821 bits per heavy atom. The molecule has 7 heteroatoms. The van der Waals surface area contributed by atoms with Crippen LogP contribution in [0.3, 0.4) is 0 Å². The van der Waals surface area contributed by atoms with E-state index < -0.39 is 24.6 Å². The Kier molecular flexibility index (Phi) is 7.72. The summed E-state index contributed by atoms with van der Waals surface area (Å²) in [6.45, 7) is 1.76. The lowest BCUT2D eigenvalue weighted by atomic mass is 9.93. The van der Waals surface area contributed by atoms with Gasteiger partial charge in [-0.05, 0) is 30.0 Å². The number of aliphatic hydroxyl groups is 2. The summed E-state index contributed by atoms with van der Waals surface area (Å²) in [4.78, 5) is 15.6. The highest BCUT2D eigenvalue weighted by Crippen LogP contribution is 2.47. The third kappa shape index (κ3) is 5.85. The highest BCUT2D eigenvalue weighted by atomic mass is 16.5. The number of ether oxygens (including phenoxy) is 2. The van der Waals surface area contributed by atoms with Crippen LogP contribution in [0.25, 0.3) is 32.8 Å². The fraction of sp³-hybridized carbons (Fsp3) is 0.188. The van der Waals surface area contributed by atoms with Crippen molar-refractivity contribution in [2.75, 3.05) is 6.61 Å². The monoisotopic (exact) mass is 523 g/mol. The van der Waals surface area contributed by atoms with E-state index in [0.717, 1.165) is 38.4 Å². The van der Waals surface area contributed by atoms with Crippen molar-refractivity contribution in [3.8, 4) is 28.5 Å². The third-order valence-corrected chi connectivity index (χ3v) is 6.57. The number of aliphatic carboxylic acids is 1. The molecular formula is C32H29NO6. The molecule has 0 radical (unpaired) electrons. The average molecular weight is 524 g/mol. The van der Waals surface area contributed by atoms with Gasteiger partial charge in [0.05, 0.1) is 24.1 Å². The van der Waals surface area contributed by atoms with Gasteiger partial charge in [-0.3, -0.25) is 4.79 Å². The number of carbonyl (C=O) groups is 1. The first-order valence-corrected chi connectivity index (χ1v) is 12.8. The number of nitrogens with zero attached hydrogens (tertiary/aromatic N) is 1. The number of pyridine rings is 1. The van der Waals surface area contributed by atoms with Gasteiger partial charge in [0, 0.05) is 34.4 Å². The van der Waals surface area contributed by atoms with Crippen LogP contribution in [-0.2, 0) is 4.79 Å². The highest BCUT2D eigenvalue weighted by Gasteiger charge is 2.23. The minimum Gasteiger partial charge on any atom is -0.490 e. The third-order valence-electron chi connectivity index (χ3n) is 6.57. The summed E-state index contributed by atoms with van der Waals surface area (Å²) in [5.41, 5.74) is 3.32. The molecule has 0 aliphatic rings. The number of hydrogen-bond acceptors (Lipinski definition) is 6. The second-order valence-electron chi connectivity index (χ2n) is 9.47. The van der Waals surface area contributed by atoms with Crippen LogP contribution in [0.5, 0.6) is 17.4 Å². The van der Waals surface area contributed by atoms with Crippen molar-refractivity contribution in [3.63, 3.8) is 0 Å². The largest absolute Gasteiger partial charge is 0.490 e. The van der Waals surface area contributed by atoms with Gasteiger partial charge in [-0.15, -0.1) is 0 Å². The molecule has 0 fully saturated rings. The first kappa shape index (κ1) is 26.2. The van der Waals surface area contributed by atoms with Gasteiger partial charge in [-0.25, -0.2) is 4.98 Å². The van der Waals surface area contributed by atoms with E-state index in [4.69, 9.17) is 14.6 Å². The van der Waals surface area contributed by atoms with Crippen LogP contribution < -0.4 is 9.47 Å². The predicted molar refractivity (Wildman–Crippen MR) is 150 cm³/mol. The quantitative estimate of drug-likeness (QED) is 0.202. The first-order valence-electron chi connectivity index (χ1n) is 12.8. The van der Waals surface area contributed by atoms with Crippen LogP contribution in [-0.4, -0.2) is 45.1 Å². The van der Waals surface area contributed by atoms with Crippen LogP contribution in [0.2, 0.25) is 0 Å². The Labute approximate surface area is 225 Å². The summed E-state index contributed by atoms with van der Waals surface area (Å²) in [6.07, 6.45) is -2.81. The smallest absolute Gasteiger partial charge is 0.305 e. The number of carboxylic acids is 1. The topological polar surface area (TPSA) is 109 Å². The molecule has 0 saturated heterocycles. The summed E-state index contributed by atoms with van der Waals surface area (Å²) in [7, 11) is 0. The summed E-state index contributed by atoms with van der Waals surface area (Å²) < 4.78 is 12.7. The SMILES string of the molecule is Cc1c(OC[C@@H](O)C[C@@H](O)CC(=O)O)c(-c2ccccc2)c2ccccc2c1Oc1ccc2ccccc2n1. The maximum absolute atomic E-state index is 10.9. The standard InChI is InChI=1S/C32H29NO6/c1-20-31(39-28-16-15-21-9-5-8-14-27(21)33-28)26-13-7-6-12-25(26)30(22-10-3-2-4-11-22)32(20)38-19-24(35)17-23(34)18-29(36)37/h2-16,23-24,34-35H,17-19H2,1H3,(H,36,37)/t23-,24+/m1/s1. The molecule has 0 aliphatic carbocycles. The summed E-state index contributed by atoms with van der Waals surface area (Å²) in [5, 5.41) is 32.2. The molecule has 5 rings (SSSR count). The van der Waals surface area contributed by atoms with Crippen molar-refractivity contribution in [2.45, 2.75) is 32.0 Å².